The van der Waals surface area contributed by atoms with E-state index in [4.69, 9.17) is 4.74 Å². The molecule has 1 atom stereocenters. The summed E-state index contributed by atoms with van der Waals surface area (Å²) in [7, 11) is 1.63. The van der Waals surface area contributed by atoms with Crippen LogP contribution in [0.1, 0.15) is 29.7 Å². The molecule has 0 fully saturated rings. The number of hydrogen-bond donors (Lipinski definition) is 2. The Hall–Kier alpha value is -2.75. The quantitative estimate of drug-likeness (QED) is 0.876. The first-order valence-corrected chi connectivity index (χ1v) is 7.52. The maximum Gasteiger partial charge on any atom is 0.319 e. The zero-order chi connectivity index (χ0) is 16.7. The highest BCUT2D eigenvalue weighted by Gasteiger charge is 2.08. The van der Waals surface area contributed by atoms with Crippen molar-refractivity contribution in [1.82, 2.24) is 10.6 Å². The molecule has 4 nitrogen and oxygen atoms in total. The third-order valence-electron chi connectivity index (χ3n) is 3.50. The molecule has 2 aromatic carbocycles. The maximum atomic E-state index is 11.9. The van der Waals surface area contributed by atoms with E-state index in [0.717, 1.165) is 16.9 Å². The fourth-order valence-corrected chi connectivity index (χ4v) is 2.20. The van der Waals surface area contributed by atoms with Gasteiger partial charge in [-0.25, -0.2) is 4.79 Å². The highest BCUT2D eigenvalue weighted by Crippen LogP contribution is 2.17. The van der Waals surface area contributed by atoms with Crippen LogP contribution in [0.3, 0.4) is 0 Å². The van der Waals surface area contributed by atoms with E-state index in [0.29, 0.717) is 0 Å². The lowest BCUT2D eigenvalue weighted by atomic mass is 10.1. The van der Waals surface area contributed by atoms with Crippen molar-refractivity contribution in [2.45, 2.75) is 19.9 Å². The third-order valence-corrected chi connectivity index (χ3v) is 3.50. The van der Waals surface area contributed by atoms with Crippen LogP contribution in [0.15, 0.2) is 54.7 Å². The number of aryl methyl sites for hydroxylation is 1. The molecule has 0 saturated heterocycles. The highest BCUT2D eigenvalue weighted by atomic mass is 16.5. The molecule has 120 valence electrons. The molecule has 0 aliphatic carbocycles. The first-order valence-electron chi connectivity index (χ1n) is 7.52. The molecule has 2 amide bonds. The summed E-state index contributed by atoms with van der Waals surface area (Å²) >= 11 is 0. The Balaban J connectivity index is 1.86. The van der Waals surface area contributed by atoms with Crippen LogP contribution in [0.4, 0.5) is 4.79 Å². The van der Waals surface area contributed by atoms with Gasteiger partial charge in [-0.2, -0.15) is 0 Å². The lowest BCUT2D eigenvalue weighted by molar-refractivity contribution is 0.241. The second-order valence-corrected chi connectivity index (χ2v) is 5.36. The molecule has 0 aliphatic rings. The summed E-state index contributed by atoms with van der Waals surface area (Å²) in [5.74, 6) is 0.798. The number of amides is 2. The van der Waals surface area contributed by atoms with Crippen LogP contribution in [0.5, 0.6) is 5.75 Å². The molecule has 2 rings (SSSR count). The summed E-state index contributed by atoms with van der Waals surface area (Å²) < 4.78 is 5.12. The number of rotatable bonds is 5. The van der Waals surface area contributed by atoms with E-state index in [9.17, 15) is 4.79 Å². The van der Waals surface area contributed by atoms with Crippen molar-refractivity contribution in [3.63, 3.8) is 0 Å². The monoisotopic (exact) mass is 310 g/mol. The van der Waals surface area contributed by atoms with E-state index in [2.05, 4.69) is 16.7 Å². The molecule has 2 N–H and O–H groups in total. The van der Waals surface area contributed by atoms with E-state index >= 15 is 0 Å². The van der Waals surface area contributed by atoms with Crippen molar-refractivity contribution in [2.75, 3.05) is 7.11 Å². The van der Waals surface area contributed by atoms with Crippen LogP contribution in [-0.4, -0.2) is 13.1 Å². The van der Waals surface area contributed by atoms with E-state index < -0.39 is 0 Å². The fraction of sp³-hybridized carbons (Fsp3) is 0.211. The summed E-state index contributed by atoms with van der Waals surface area (Å²) in [6.07, 6.45) is 3.51. The van der Waals surface area contributed by atoms with Crippen molar-refractivity contribution < 1.29 is 9.53 Å². The number of urea groups is 1. The van der Waals surface area contributed by atoms with Gasteiger partial charge in [-0.15, -0.1) is 0 Å². The zero-order valence-electron chi connectivity index (χ0n) is 13.7. The van der Waals surface area contributed by atoms with Gasteiger partial charge in [0, 0.05) is 6.20 Å². The Morgan fingerprint density at radius 2 is 1.91 bits per heavy atom. The van der Waals surface area contributed by atoms with Crippen LogP contribution in [-0.2, 0) is 0 Å². The van der Waals surface area contributed by atoms with Gasteiger partial charge in [-0.1, -0.05) is 42.0 Å². The minimum Gasteiger partial charge on any atom is -0.497 e. The molecule has 0 radical (unpaired) electrons. The Morgan fingerprint density at radius 1 is 1.17 bits per heavy atom. The Labute approximate surface area is 137 Å². The molecule has 0 aliphatic heterocycles. The van der Waals surface area contributed by atoms with Gasteiger partial charge in [0.15, 0.2) is 0 Å². The molecule has 4 heteroatoms. The lowest BCUT2D eigenvalue weighted by Gasteiger charge is -2.14. The maximum absolute atomic E-state index is 11.9. The number of carbonyl (C=O) groups excluding carboxylic acids is 1. The number of benzene rings is 2. The first kappa shape index (κ1) is 16.6. The van der Waals surface area contributed by atoms with Crippen LogP contribution in [0.2, 0.25) is 0 Å². The molecular weight excluding hydrogens is 288 g/mol. The number of carbonyl (C=O) groups is 1. The molecule has 0 aromatic heterocycles. The summed E-state index contributed by atoms with van der Waals surface area (Å²) in [6, 6.07) is 15.4. The standard InChI is InChI=1S/C19H22N2O2/c1-14-5-4-6-16(13-14)11-12-20-19(22)21-15(2)17-7-9-18(23-3)10-8-17/h4-13,15H,1-3H3,(H2,20,21,22)/b12-11+. The molecule has 0 spiro atoms. The normalized spacial score (nSPS) is 12.0. The fourth-order valence-electron chi connectivity index (χ4n) is 2.20. The van der Waals surface area contributed by atoms with Gasteiger partial charge in [0.2, 0.25) is 0 Å². The summed E-state index contributed by atoms with van der Waals surface area (Å²) in [5.41, 5.74) is 3.25. The average Bonchev–Trinajstić information content (AvgIpc) is 2.55. The van der Waals surface area contributed by atoms with Crippen molar-refractivity contribution >= 4 is 12.1 Å². The predicted octanol–water partition coefficient (Wildman–Crippen LogP) is 4.03. The van der Waals surface area contributed by atoms with Gasteiger partial charge < -0.3 is 15.4 Å². The van der Waals surface area contributed by atoms with Crippen molar-refractivity contribution in [1.29, 1.82) is 0 Å². The Bertz CT molecular complexity index is 678. The lowest BCUT2D eigenvalue weighted by Crippen LogP contribution is -2.34. The molecule has 0 saturated carbocycles. The molecule has 0 bridgehead atoms. The minimum atomic E-state index is -0.239. The second-order valence-electron chi connectivity index (χ2n) is 5.36. The summed E-state index contributed by atoms with van der Waals surface area (Å²) in [6.45, 7) is 3.97. The van der Waals surface area contributed by atoms with Gasteiger partial charge in [-0.05, 0) is 43.2 Å². The summed E-state index contributed by atoms with van der Waals surface area (Å²) in [4.78, 5) is 11.9. The summed E-state index contributed by atoms with van der Waals surface area (Å²) in [5, 5.41) is 5.61. The molecule has 1 unspecified atom stereocenters. The number of methoxy groups -OCH3 is 1. The van der Waals surface area contributed by atoms with Crippen molar-refractivity contribution in [2.24, 2.45) is 0 Å². The van der Waals surface area contributed by atoms with Crippen LogP contribution < -0.4 is 15.4 Å². The third kappa shape index (κ3) is 5.18. The van der Waals surface area contributed by atoms with E-state index in [1.165, 1.54) is 5.56 Å². The SMILES string of the molecule is COc1ccc(C(C)NC(=O)N/C=C/c2cccc(C)c2)cc1. The van der Waals surface area contributed by atoms with Crippen LogP contribution >= 0.6 is 0 Å². The molecule has 2 aromatic rings. The number of ether oxygens (including phenoxy) is 1. The molecular formula is C19H22N2O2. The number of nitrogens with one attached hydrogen (secondary N) is 2. The number of hydrogen-bond acceptors (Lipinski definition) is 2. The molecule has 0 heterocycles. The van der Waals surface area contributed by atoms with E-state index in [-0.39, 0.29) is 12.1 Å². The second kappa shape index (κ2) is 8.03. The largest absolute Gasteiger partial charge is 0.497 e. The van der Waals surface area contributed by atoms with Gasteiger partial charge in [-0.3, -0.25) is 0 Å². The Kier molecular flexibility index (Phi) is 5.80. The smallest absolute Gasteiger partial charge is 0.319 e. The van der Waals surface area contributed by atoms with Crippen LogP contribution in [0, 0.1) is 6.92 Å². The molecule has 23 heavy (non-hydrogen) atoms. The van der Waals surface area contributed by atoms with Gasteiger partial charge in [0.05, 0.1) is 13.2 Å². The Morgan fingerprint density at radius 3 is 2.57 bits per heavy atom. The van der Waals surface area contributed by atoms with E-state index in [1.54, 1.807) is 13.3 Å². The zero-order valence-corrected chi connectivity index (χ0v) is 13.7. The average molecular weight is 310 g/mol. The van der Waals surface area contributed by atoms with Gasteiger partial charge >= 0.3 is 6.03 Å². The predicted molar refractivity (Wildman–Crippen MR) is 93.3 cm³/mol. The van der Waals surface area contributed by atoms with Crippen molar-refractivity contribution in [3.05, 3.63) is 71.4 Å². The van der Waals surface area contributed by atoms with Gasteiger partial charge in [0.1, 0.15) is 5.75 Å². The van der Waals surface area contributed by atoms with Gasteiger partial charge in [0.25, 0.3) is 0 Å². The minimum absolute atomic E-state index is 0.0896. The van der Waals surface area contributed by atoms with Crippen LogP contribution in [0.25, 0.3) is 6.08 Å². The highest BCUT2D eigenvalue weighted by molar-refractivity contribution is 5.76. The topological polar surface area (TPSA) is 50.4 Å². The van der Waals surface area contributed by atoms with E-state index in [1.807, 2.05) is 62.4 Å². The van der Waals surface area contributed by atoms with Crippen molar-refractivity contribution in [3.8, 4) is 5.75 Å². The first-order chi connectivity index (χ1) is 11.1.